The topological polar surface area (TPSA) is 67.3 Å². The minimum Gasteiger partial charge on any atom is -0.336 e. The molecule has 1 fully saturated rings. The predicted octanol–water partition coefficient (Wildman–Crippen LogP) is 3.24. The molecule has 0 bridgehead atoms. The predicted molar refractivity (Wildman–Crippen MR) is 105 cm³/mol. The lowest BCUT2D eigenvalue weighted by Gasteiger charge is -2.20. The molecule has 138 valence electrons. The Bertz CT molecular complexity index is 1080. The average molecular weight is 380 g/mol. The van der Waals surface area contributed by atoms with E-state index in [1.165, 1.54) is 0 Å². The Labute approximate surface area is 158 Å². The summed E-state index contributed by atoms with van der Waals surface area (Å²) in [6.07, 6.45) is 2.01. The summed E-state index contributed by atoms with van der Waals surface area (Å²) in [6.45, 7) is 0.581. The molecule has 27 heavy (non-hydrogen) atoms. The standard InChI is InChI=1S/C21H20N2O3S/c24-21(20-18-9-5-4-6-16(18)10-12-22-20)23-13-11-19(27(25,26)15-14-23)17-7-2-1-3-8-17/h1-10,12,19H,11,13-15H2. The number of carbonyl (C=O) groups excluding carboxylic acids is 1. The Kier molecular flexibility index (Phi) is 4.66. The second kappa shape index (κ2) is 7.12. The molecule has 0 spiro atoms. The van der Waals surface area contributed by atoms with E-state index in [-0.39, 0.29) is 18.2 Å². The molecule has 1 aliphatic rings. The van der Waals surface area contributed by atoms with Gasteiger partial charge in [0.2, 0.25) is 0 Å². The molecule has 0 N–H and O–H groups in total. The van der Waals surface area contributed by atoms with Crippen LogP contribution in [0.5, 0.6) is 0 Å². The Morgan fingerprint density at radius 3 is 2.52 bits per heavy atom. The SMILES string of the molecule is O=C(c1nccc2ccccc12)N1CCC(c2ccccc2)S(=O)(=O)CC1. The number of fused-ring (bicyclic) bond motifs is 1. The summed E-state index contributed by atoms with van der Waals surface area (Å²) in [6, 6.07) is 18.7. The van der Waals surface area contributed by atoms with Crippen molar-refractivity contribution in [1.29, 1.82) is 0 Å². The fourth-order valence-corrected chi connectivity index (χ4v) is 5.42. The summed E-state index contributed by atoms with van der Waals surface area (Å²) in [4.78, 5) is 19.0. The van der Waals surface area contributed by atoms with Crippen molar-refractivity contribution in [2.75, 3.05) is 18.8 Å². The van der Waals surface area contributed by atoms with Crippen LogP contribution in [0.3, 0.4) is 0 Å². The van der Waals surface area contributed by atoms with Crippen LogP contribution in [0.25, 0.3) is 10.8 Å². The number of pyridine rings is 1. The van der Waals surface area contributed by atoms with Gasteiger partial charge in [0, 0.05) is 24.7 Å². The molecule has 1 atom stereocenters. The lowest BCUT2D eigenvalue weighted by Crippen LogP contribution is -2.34. The summed E-state index contributed by atoms with van der Waals surface area (Å²) in [5.74, 6) is -0.251. The normalized spacial score (nSPS) is 19.6. The van der Waals surface area contributed by atoms with Gasteiger partial charge in [0.05, 0.1) is 11.0 Å². The largest absolute Gasteiger partial charge is 0.336 e. The molecular formula is C21H20N2O3S. The van der Waals surface area contributed by atoms with Crippen molar-refractivity contribution in [3.63, 3.8) is 0 Å². The molecule has 1 amide bonds. The summed E-state index contributed by atoms with van der Waals surface area (Å²) in [5.41, 5.74) is 1.17. The smallest absolute Gasteiger partial charge is 0.273 e. The highest BCUT2D eigenvalue weighted by molar-refractivity contribution is 7.91. The number of aromatic nitrogens is 1. The van der Waals surface area contributed by atoms with Gasteiger partial charge in [-0.2, -0.15) is 0 Å². The highest BCUT2D eigenvalue weighted by Gasteiger charge is 2.33. The van der Waals surface area contributed by atoms with Crippen LogP contribution in [-0.4, -0.2) is 43.1 Å². The van der Waals surface area contributed by atoms with E-state index in [2.05, 4.69) is 4.98 Å². The van der Waals surface area contributed by atoms with E-state index < -0.39 is 15.1 Å². The number of rotatable bonds is 2. The van der Waals surface area contributed by atoms with Crippen LogP contribution in [0.15, 0.2) is 66.9 Å². The zero-order valence-electron chi connectivity index (χ0n) is 14.8. The van der Waals surface area contributed by atoms with Crippen LogP contribution in [-0.2, 0) is 9.84 Å². The lowest BCUT2D eigenvalue weighted by atomic mass is 10.1. The van der Waals surface area contributed by atoms with E-state index in [1.807, 2.05) is 60.7 Å². The second-order valence-corrected chi connectivity index (χ2v) is 9.03. The number of hydrogen-bond acceptors (Lipinski definition) is 4. The zero-order valence-corrected chi connectivity index (χ0v) is 15.6. The van der Waals surface area contributed by atoms with Crippen molar-refractivity contribution in [2.45, 2.75) is 11.7 Å². The Morgan fingerprint density at radius 2 is 1.70 bits per heavy atom. The van der Waals surface area contributed by atoms with Gasteiger partial charge in [-0.3, -0.25) is 9.78 Å². The highest BCUT2D eigenvalue weighted by Crippen LogP contribution is 2.30. The third kappa shape index (κ3) is 3.45. The first-order valence-corrected chi connectivity index (χ1v) is 10.7. The third-order valence-electron chi connectivity index (χ3n) is 5.08. The lowest BCUT2D eigenvalue weighted by molar-refractivity contribution is 0.0763. The molecule has 2 heterocycles. The zero-order chi connectivity index (χ0) is 18.9. The van der Waals surface area contributed by atoms with Crippen molar-refractivity contribution in [3.05, 3.63) is 78.1 Å². The van der Waals surface area contributed by atoms with E-state index in [0.717, 1.165) is 16.3 Å². The van der Waals surface area contributed by atoms with Gasteiger partial charge < -0.3 is 4.90 Å². The number of hydrogen-bond donors (Lipinski definition) is 0. The molecular weight excluding hydrogens is 360 g/mol. The van der Waals surface area contributed by atoms with E-state index in [9.17, 15) is 13.2 Å². The Balaban J connectivity index is 1.63. The van der Waals surface area contributed by atoms with Crippen LogP contribution < -0.4 is 0 Å². The molecule has 1 saturated heterocycles. The maximum atomic E-state index is 13.1. The molecule has 4 rings (SSSR count). The Hall–Kier alpha value is -2.73. The van der Waals surface area contributed by atoms with Gasteiger partial charge in [-0.15, -0.1) is 0 Å². The Morgan fingerprint density at radius 1 is 0.963 bits per heavy atom. The summed E-state index contributed by atoms with van der Waals surface area (Å²) >= 11 is 0. The quantitative estimate of drug-likeness (QED) is 0.684. The molecule has 1 aliphatic heterocycles. The molecule has 0 radical (unpaired) electrons. The van der Waals surface area contributed by atoms with Crippen LogP contribution in [0, 0.1) is 0 Å². The first-order chi connectivity index (χ1) is 13.1. The van der Waals surface area contributed by atoms with Gasteiger partial charge in [-0.25, -0.2) is 8.42 Å². The van der Waals surface area contributed by atoms with Gasteiger partial charge in [0.1, 0.15) is 5.69 Å². The van der Waals surface area contributed by atoms with Crippen molar-refractivity contribution in [3.8, 4) is 0 Å². The van der Waals surface area contributed by atoms with Gasteiger partial charge in [0.25, 0.3) is 5.91 Å². The first-order valence-electron chi connectivity index (χ1n) is 8.96. The van der Waals surface area contributed by atoms with Gasteiger partial charge >= 0.3 is 0 Å². The fourth-order valence-electron chi connectivity index (χ4n) is 3.63. The first kappa shape index (κ1) is 17.7. The number of benzene rings is 2. The summed E-state index contributed by atoms with van der Waals surface area (Å²) in [5, 5.41) is 1.16. The van der Waals surface area contributed by atoms with Crippen LogP contribution in [0.4, 0.5) is 0 Å². The number of nitrogens with zero attached hydrogens (tertiary/aromatic N) is 2. The molecule has 3 aromatic rings. The number of carbonyl (C=O) groups is 1. The van der Waals surface area contributed by atoms with Gasteiger partial charge in [-0.1, -0.05) is 54.6 Å². The monoisotopic (exact) mass is 380 g/mol. The number of amides is 1. The summed E-state index contributed by atoms with van der Waals surface area (Å²) in [7, 11) is -3.32. The molecule has 1 unspecified atom stereocenters. The maximum Gasteiger partial charge on any atom is 0.273 e. The molecule has 0 saturated carbocycles. The van der Waals surface area contributed by atoms with Crippen molar-refractivity contribution < 1.29 is 13.2 Å². The third-order valence-corrected chi connectivity index (χ3v) is 7.20. The number of sulfone groups is 1. The minimum atomic E-state index is -3.32. The molecule has 1 aromatic heterocycles. The van der Waals surface area contributed by atoms with Crippen LogP contribution in [0.1, 0.15) is 27.7 Å². The summed E-state index contributed by atoms with van der Waals surface area (Å²) < 4.78 is 25.5. The molecule has 0 aliphatic carbocycles. The van der Waals surface area contributed by atoms with Crippen molar-refractivity contribution in [2.24, 2.45) is 0 Å². The maximum absolute atomic E-state index is 13.1. The van der Waals surface area contributed by atoms with E-state index in [4.69, 9.17) is 0 Å². The van der Waals surface area contributed by atoms with E-state index >= 15 is 0 Å². The van der Waals surface area contributed by atoms with Gasteiger partial charge in [0.15, 0.2) is 9.84 Å². The van der Waals surface area contributed by atoms with E-state index in [0.29, 0.717) is 18.7 Å². The van der Waals surface area contributed by atoms with Gasteiger partial charge in [-0.05, 0) is 23.4 Å². The fraction of sp³-hybridized carbons (Fsp3) is 0.238. The minimum absolute atomic E-state index is 0.0386. The molecule has 5 nitrogen and oxygen atoms in total. The molecule has 6 heteroatoms. The average Bonchev–Trinajstić information content (AvgIpc) is 2.85. The van der Waals surface area contributed by atoms with Crippen molar-refractivity contribution in [1.82, 2.24) is 9.88 Å². The van der Waals surface area contributed by atoms with E-state index in [1.54, 1.807) is 11.1 Å². The molecule has 2 aromatic carbocycles. The van der Waals surface area contributed by atoms with Crippen LogP contribution in [0.2, 0.25) is 0 Å². The second-order valence-electron chi connectivity index (χ2n) is 6.73. The highest BCUT2D eigenvalue weighted by atomic mass is 32.2. The van der Waals surface area contributed by atoms with Crippen LogP contribution >= 0.6 is 0 Å². The van der Waals surface area contributed by atoms with Crippen molar-refractivity contribution >= 4 is 26.5 Å².